The molecule has 1 aliphatic rings. The average Bonchev–Trinajstić information content (AvgIpc) is 2.79. The molecule has 3 aromatic carbocycles. The smallest absolute Gasteiger partial charge is 0.265 e. The first-order chi connectivity index (χ1) is 14.6. The fourth-order valence-electron chi connectivity index (χ4n) is 4.20. The lowest BCUT2D eigenvalue weighted by atomic mass is 10.0. The van der Waals surface area contributed by atoms with E-state index in [2.05, 4.69) is 11.1 Å². The molecule has 0 aliphatic carbocycles. The van der Waals surface area contributed by atoms with Gasteiger partial charge in [-0.3, -0.25) is 14.2 Å². The fourth-order valence-corrected chi connectivity index (χ4v) is 4.20. The van der Waals surface area contributed by atoms with Gasteiger partial charge >= 0.3 is 0 Å². The summed E-state index contributed by atoms with van der Waals surface area (Å²) in [6, 6.07) is 22.6. The number of benzene rings is 3. The number of para-hydroxylation sites is 2. The normalized spacial score (nSPS) is 13.3. The van der Waals surface area contributed by atoms with Crippen LogP contribution in [-0.4, -0.2) is 22.0 Å². The van der Waals surface area contributed by atoms with E-state index in [1.807, 2.05) is 60.4 Å². The summed E-state index contributed by atoms with van der Waals surface area (Å²) in [5.41, 5.74) is 4.08. The number of amides is 1. The molecule has 1 aliphatic heterocycles. The number of carbonyl (C=O) groups is 1. The van der Waals surface area contributed by atoms with Crippen LogP contribution in [0.1, 0.15) is 28.2 Å². The molecule has 1 amide bonds. The van der Waals surface area contributed by atoms with Crippen LogP contribution in [-0.2, 0) is 6.42 Å². The Balaban J connectivity index is 1.51. The molecule has 4 aromatic rings. The summed E-state index contributed by atoms with van der Waals surface area (Å²) in [5, 5.41) is 0.577. The number of rotatable bonds is 2. The minimum absolute atomic E-state index is 0.0191. The lowest BCUT2D eigenvalue weighted by molar-refractivity contribution is 0.0985. The van der Waals surface area contributed by atoms with Gasteiger partial charge < -0.3 is 4.90 Å². The Kier molecular flexibility index (Phi) is 4.43. The van der Waals surface area contributed by atoms with Gasteiger partial charge in [-0.2, -0.15) is 0 Å². The quantitative estimate of drug-likeness (QED) is 0.509. The van der Waals surface area contributed by atoms with Gasteiger partial charge in [-0.1, -0.05) is 30.3 Å². The van der Waals surface area contributed by atoms with Gasteiger partial charge in [-0.25, -0.2) is 4.98 Å². The van der Waals surface area contributed by atoms with Crippen LogP contribution in [0.25, 0.3) is 16.6 Å². The Morgan fingerprint density at radius 1 is 0.933 bits per heavy atom. The van der Waals surface area contributed by atoms with Crippen LogP contribution in [0, 0.1) is 6.92 Å². The highest BCUT2D eigenvalue weighted by atomic mass is 16.2. The monoisotopic (exact) mass is 395 g/mol. The fraction of sp³-hybridized carbons (Fsp3) is 0.160. The van der Waals surface area contributed by atoms with Gasteiger partial charge in [0.1, 0.15) is 5.82 Å². The van der Waals surface area contributed by atoms with E-state index in [0.29, 0.717) is 34.5 Å². The van der Waals surface area contributed by atoms with E-state index in [0.717, 1.165) is 18.5 Å². The first-order valence-electron chi connectivity index (χ1n) is 10.1. The molecule has 148 valence electrons. The first-order valence-corrected chi connectivity index (χ1v) is 10.1. The largest absolute Gasteiger partial charge is 0.308 e. The van der Waals surface area contributed by atoms with Crippen molar-refractivity contribution in [2.45, 2.75) is 19.8 Å². The SMILES string of the molecule is Cc1nc2ccccc2c(=O)n1-c1ccc(C(=O)N2CCCc3ccccc32)cc1. The van der Waals surface area contributed by atoms with Crippen molar-refractivity contribution in [1.82, 2.24) is 9.55 Å². The molecule has 5 heteroatoms. The second kappa shape index (κ2) is 7.26. The maximum absolute atomic E-state index is 13.2. The van der Waals surface area contributed by atoms with Crippen molar-refractivity contribution in [2.24, 2.45) is 0 Å². The molecule has 0 saturated heterocycles. The van der Waals surface area contributed by atoms with Gasteiger partial charge in [0.2, 0.25) is 0 Å². The Morgan fingerprint density at radius 2 is 1.67 bits per heavy atom. The van der Waals surface area contributed by atoms with E-state index in [1.54, 1.807) is 22.8 Å². The van der Waals surface area contributed by atoms with Crippen LogP contribution in [0.4, 0.5) is 5.69 Å². The Morgan fingerprint density at radius 3 is 2.50 bits per heavy atom. The molecule has 0 N–H and O–H groups in total. The van der Waals surface area contributed by atoms with Crippen LogP contribution in [0.3, 0.4) is 0 Å². The molecular weight excluding hydrogens is 374 g/mol. The topological polar surface area (TPSA) is 55.2 Å². The van der Waals surface area contributed by atoms with Crippen LogP contribution >= 0.6 is 0 Å². The summed E-state index contributed by atoms with van der Waals surface area (Å²) in [5.74, 6) is 0.595. The summed E-state index contributed by atoms with van der Waals surface area (Å²) in [6.45, 7) is 2.53. The van der Waals surface area contributed by atoms with Gasteiger partial charge in [0.25, 0.3) is 11.5 Å². The van der Waals surface area contributed by atoms with Crippen LogP contribution in [0.2, 0.25) is 0 Å². The zero-order valence-electron chi connectivity index (χ0n) is 16.7. The summed E-state index contributed by atoms with van der Waals surface area (Å²) < 4.78 is 1.59. The zero-order chi connectivity index (χ0) is 20.7. The number of aromatic nitrogens is 2. The molecule has 0 atom stereocenters. The lowest BCUT2D eigenvalue weighted by Crippen LogP contribution is -2.35. The number of aryl methyl sites for hydroxylation is 2. The molecule has 2 heterocycles. The molecule has 5 rings (SSSR count). The van der Waals surface area contributed by atoms with E-state index < -0.39 is 0 Å². The molecule has 0 bridgehead atoms. The summed E-state index contributed by atoms with van der Waals surface area (Å²) >= 11 is 0. The van der Waals surface area contributed by atoms with Crippen molar-refractivity contribution in [1.29, 1.82) is 0 Å². The van der Waals surface area contributed by atoms with Crippen LogP contribution in [0.15, 0.2) is 77.6 Å². The van der Waals surface area contributed by atoms with Gasteiger partial charge in [0.15, 0.2) is 0 Å². The van der Waals surface area contributed by atoms with E-state index in [9.17, 15) is 9.59 Å². The van der Waals surface area contributed by atoms with Crippen molar-refractivity contribution < 1.29 is 4.79 Å². The average molecular weight is 395 g/mol. The van der Waals surface area contributed by atoms with Crippen molar-refractivity contribution in [3.05, 3.63) is 100 Å². The maximum atomic E-state index is 13.2. The van der Waals surface area contributed by atoms with Crippen molar-refractivity contribution in [2.75, 3.05) is 11.4 Å². The Bertz CT molecular complexity index is 1320. The van der Waals surface area contributed by atoms with Crippen molar-refractivity contribution in [3.8, 4) is 5.69 Å². The van der Waals surface area contributed by atoms with Gasteiger partial charge in [-0.05, 0) is 67.8 Å². The van der Waals surface area contributed by atoms with E-state index in [4.69, 9.17) is 0 Å². The number of fused-ring (bicyclic) bond motifs is 2. The van der Waals surface area contributed by atoms with E-state index in [1.165, 1.54) is 5.56 Å². The highest BCUT2D eigenvalue weighted by Crippen LogP contribution is 2.28. The molecule has 1 aromatic heterocycles. The molecular formula is C25H21N3O2. The Hall–Kier alpha value is -3.73. The van der Waals surface area contributed by atoms with E-state index >= 15 is 0 Å². The van der Waals surface area contributed by atoms with Crippen LogP contribution < -0.4 is 10.5 Å². The zero-order valence-corrected chi connectivity index (χ0v) is 16.7. The minimum atomic E-state index is -0.109. The van der Waals surface area contributed by atoms with Crippen LogP contribution in [0.5, 0.6) is 0 Å². The number of anilines is 1. The standard InChI is InChI=1S/C25H21N3O2/c1-17-26-22-10-4-3-9-21(22)25(30)28(17)20-14-12-19(13-15-20)24(29)27-16-6-8-18-7-2-5-11-23(18)27/h2-5,7,9-15H,6,8,16H2,1H3. The molecule has 0 saturated carbocycles. The number of hydrogen-bond acceptors (Lipinski definition) is 3. The van der Waals surface area contributed by atoms with Crippen molar-refractivity contribution in [3.63, 3.8) is 0 Å². The molecule has 0 unspecified atom stereocenters. The minimum Gasteiger partial charge on any atom is -0.308 e. The molecule has 0 spiro atoms. The molecule has 0 radical (unpaired) electrons. The third-order valence-electron chi connectivity index (χ3n) is 5.67. The summed E-state index contributed by atoms with van der Waals surface area (Å²) in [7, 11) is 0. The Labute approximate surface area is 174 Å². The van der Waals surface area contributed by atoms with Crippen molar-refractivity contribution >= 4 is 22.5 Å². The number of hydrogen-bond donors (Lipinski definition) is 0. The first kappa shape index (κ1) is 18.3. The number of carbonyl (C=O) groups excluding carboxylic acids is 1. The van der Waals surface area contributed by atoms with Gasteiger partial charge in [0, 0.05) is 17.8 Å². The molecule has 0 fully saturated rings. The van der Waals surface area contributed by atoms with Gasteiger partial charge in [0.05, 0.1) is 16.6 Å². The second-order valence-electron chi connectivity index (χ2n) is 7.55. The maximum Gasteiger partial charge on any atom is 0.265 e. The molecule has 5 nitrogen and oxygen atoms in total. The third-order valence-corrected chi connectivity index (χ3v) is 5.67. The predicted molar refractivity (Wildman–Crippen MR) is 119 cm³/mol. The van der Waals surface area contributed by atoms with Gasteiger partial charge in [-0.15, -0.1) is 0 Å². The number of nitrogens with zero attached hydrogens (tertiary/aromatic N) is 3. The third kappa shape index (κ3) is 2.99. The highest BCUT2D eigenvalue weighted by Gasteiger charge is 2.23. The summed E-state index contributed by atoms with van der Waals surface area (Å²) in [6.07, 6.45) is 1.95. The molecule has 30 heavy (non-hydrogen) atoms. The summed E-state index contributed by atoms with van der Waals surface area (Å²) in [4.78, 5) is 32.6. The second-order valence-corrected chi connectivity index (χ2v) is 7.55. The lowest BCUT2D eigenvalue weighted by Gasteiger charge is -2.29. The highest BCUT2D eigenvalue weighted by molar-refractivity contribution is 6.06. The van der Waals surface area contributed by atoms with E-state index in [-0.39, 0.29) is 11.5 Å². The predicted octanol–water partition coefficient (Wildman–Crippen LogP) is 4.29.